The molecule has 0 radical (unpaired) electrons. The Morgan fingerprint density at radius 1 is 1.33 bits per heavy atom. The first-order valence-corrected chi connectivity index (χ1v) is 6.35. The van der Waals surface area contributed by atoms with Crippen LogP contribution >= 0.6 is 27.5 Å². The van der Waals surface area contributed by atoms with Crippen molar-refractivity contribution in [2.75, 3.05) is 0 Å². The minimum atomic E-state index is 0.295. The molecule has 0 atom stereocenters. The minimum Gasteiger partial charge on any atom is -0.472 e. The first-order valence-electron chi connectivity index (χ1n) is 5.18. The van der Waals surface area contributed by atoms with Crippen LogP contribution in [0.15, 0.2) is 41.0 Å². The third kappa shape index (κ3) is 2.89. The van der Waals surface area contributed by atoms with Gasteiger partial charge in [0.25, 0.3) is 0 Å². The van der Waals surface area contributed by atoms with Gasteiger partial charge in [-0.2, -0.15) is 0 Å². The van der Waals surface area contributed by atoms with Crippen LogP contribution in [0.2, 0.25) is 5.02 Å². The molecule has 0 N–H and O–H groups in total. The number of carbonyl (C=O) groups is 1. The predicted molar refractivity (Wildman–Crippen MR) is 73.1 cm³/mol. The van der Waals surface area contributed by atoms with Gasteiger partial charge in [0.05, 0.1) is 21.3 Å². The number of pyridine rings is 1. The van der Waals surface area contributed by atoms with Crippen LogP contribution in [-0.4, -0.2) is 11.3 Å². The van der Waals surface area contributed by atoms with E-state index in [1.54, 1.807) is 0 Å². The molecule has 0 spiro atoms. The van der Waals surface area contributed by atoms with Crippen LogP contribution in [0.1, 0.15) is 15.9 Å². The Morgan fingerprint density at radius 3 is 2.72 bits per heavy atom. The van der Waals surface area contributed by atoms with Crippen molar-refractivity contribution in [3.05, 3.63) is 57.2 Å². The first kappa shape index (κ1) is 13.1. The van der Waals surface area contributed by atoms with Gasteiger partial charge in [-0.1, -0.05) is 41.9 Å². The Morgan fingerprint density at radius 2 is 2.06 bits per heavy atom. The topological polar surface area (TPSA) is 39.2 Å². The molecule has 3 nitrogen and oxygen atoms in total. The SMILES string of the molecule is O=Cc1c(Cl)cnc(OCc2ccccc2)c1Br. The van der Waals surface area contributed by atoms with E-state index >= 15 is 0 Å². The average Bonchev–Trinajstić information content (AvgIpc) is 2.40. The molecule has 1 heterocycles. The van der Waals surface area contributed by atoms with E-state index in [4.69, 9.17) is 16.3 Å². The Balaban J connectivity index is 2.18. The summed E-state index contributed by atoms with van der Waals surface area (Å²) in [6, 6.07) is 9.69. The van der Waals surface area contributed by atoms with Crippen LogP contribution in [0.4, 0.5) is 0 Å². The van der Waals surface area contributed by atoms with Crippen molar-refractivity contribution in [3.63, 3.8) is 0 Å². The molecular weight excluding hydrogens is 318 g/mol. The summed E-state index contributed by atoms with van der Waals surface area (Å²) < 4.78 is 6.02. The third-order valence-corrected chi connectivity index (χ3v) is 3.38. The molecular formula is C13H9BrClNO2. The van der Waals surface area contributed by atoms with Gasteiger partial charge in [-0.15, -0.1) is 0 Å². The predicted octanol–water partition coefficient (Wildman–Crippen LogP) is 3.89. The Kier molecular flexibility index (Phi) is 4.33. The summed E-state index contributed by atoms with van der Waals surface area (Å²) >= 11 is 9.10. The second-order valence-corrected chi connectivity index (χ2v) is 4.73. The number of ether oxygens (including phenoxy) is 1. The molecule has 0 bridgehead atoms. The summed E-state index contributed by atoms with van der Waals surface area (Å²) in [4.78, 5) is 14.9. The number of aromatic nitrogens is 1. The zero-order chi connectivity index (χ0) is 13.0. The van der Waals surface area contributed by atoms with Crippen LogP contribution in [0.3, 0.4) is 0 Å². The molecule has 2 aromatic rings. The number of aldehydes is 1. The lowest BCUT2D eigenvalue weighted by atomic mass is 10.2. The highest BCUT2D eigenvalue weighted by molar-refractivity contribution is 9.10. The maximum atomic E-state index is 10.9. The van der Waals surface area contributed by atoms with E-state index in [1.165, 1.54) is 6.20 Å². The maximum Gasteiger partial charge on any atom is 0.229 e. The van der Waals surface area contributed by atoms with Crippen molar-refractivity contribution < 1.29 is 9.53 Å². The first-order chi connectivity index (χ1) is 8.72. The molecule has 2 rings (SSSR count). The van der Waals surface area contributed by atoms with E-state index in [0.717, 1.165) is 5.56 Å². The van der Waals surface area contributed by atoms with E-state index in [9.17, 15) is 4.79 Å². The van der Waals surface area contributed by atoms with Crippen LogP contribution in [0.25, 0.3) is 0 Å². The fourth-order valence-electron chi connectivity index (χ4n) is 1.40. The van der Waals surface area contributed by atoms with Crippen molar-refractivity contribution in [1.29, 1.82) is 0 Å². The fraction of sp³-hybridized carbons (Fsp3) is 0.0769. The van der Waals surface area contributed by atoms with Gasteiger partial charge in [0.2, 0.25) is 5.88 Å². The molecule has 18 heavy (non-hydrogen) atoms. The normalized spacial score (nSPS) is 10.1. The van der Waals surface area contributed by atoms with Crippen LogP contribution in [0.5, 0.6) is 5.88 Å². The second kappa shape index (κ2) is 5.98. The monoisotopic (exact) mass is 325 g/mol. The van der Waals surface area contributed by atoms with Gasteiger partial charge in [-0.3, -0.25) is 4.79 Å². The van der Waals surface area contributed by atoms with Gasteiger partial charge in [-0.25, -0.2) is 4.98 Å². The molecule has 0 aliphatic rings. The second-order valence-electron chi connectivity index (χ2n) is 3.53. The molecule has 0 amide bonds. The summed E-state index contributed by atoms with van der Waals surface area (Å²) in [7, 11) is 0. The number of rotatable bonds is 4. The highest BCUT2D eigenvalue weighted by Crippen LogP contribution is 2.30. The van der Waals surface area contributed by atoms with Gasteiger partial charge < -0.3 is 4.74 Å². The Hall–Kier alpha value is -1.39. The van der Waals surface area contributed by atoms with E-state index in [2.05, 4.69) is 20.9 Å². The van der Waals surface area contributed by atoms with Crippen molar-refractivity contribution in [3.8, 4) is 5.88 Å². The van der Waals surface area contributed by atoms with Crippen molar-refractivity contribution in [2.45, 2.75) is 6.61 Å². The highest BCUT2D eigenvalue weighted by atomic mass is 79.9. The molecule has 92 valence electrons. The number of halogens is 2. The van der Waals surface area contributed by atoms with E-state index in [1.807, 2.05) is 30.3 Å². The summed E-state index contributed by atoms with van der Waals surface area (Å²) in [5.74, 6) is 0.352. The average molecular weight is 327 g/mol. The molecule has 0 aliphatic heterocycles. The largest absolute Gasteiger partial charge is 0.472 e. The lowest BCUT2D eigenvalue weighted by Crippen LogP contribution is -2.00. The molecule has 5 heteroatoms. The van der Waals surface area contributed by atoms with Gasteiger partial charge in [0.15, 0.2) is 6.29 Å². The molecule has 0 saturated carbocycles. The fourth-order valence-corrected chi connectivity index (χ4v) is 2.22. The summed E-state index contributed by atoms with van der Waals surface area (Å²) in [5, 5.41) is 0.295. The van der Waals surface area contributed by atoms with Gasteiger partial charge in [0, 0.05) is 0 Å². The van der Waals surface area contributed by atoms with Gasteiger partial charge >= 0.3 is 0 Å². The van der Waals surface area contributed by atoms with Gasteiger partial charge in [-0.05, 0) is 21.5 Å². The molecule has 0 saturated heterocycles. The summed E-state index contributed by atoms with van der Waals surface area (Å²) in [6.45, 7) is 0.381. The zero-order valence-electron chi connectivity index (χ0n) is 9.27. The zero-order valence-corrected chi connectivity index (χ0v) is 11.6. The number of nitrogens with zero attached hydrogens (tertiary/aromatic N) is 1. The van der Waals surface area contributed by atoms with E-state index in [0.29, 0.717) is 33.8 Å². The van der Waals surface area contributed by atoms with Crippen LogP contribution < -0.4 is 4.74 Å². The molecule has 0 fully saturated rings. The van der Waals surface area contributed by atoms with Crippen LogP contribution in [-0.2, 0) is 6.61 Å². The lowest BCUT2D eigenvalue weighted by Gasteiger charge is -2.09. The molecule has 0 aliphatic carbocycles. The number of hydrogen-bond acceptors (Lipinski definition) is 3. The molecule has 1 aromatic heterocycles. The highest BCUT2D eigenvalue weighted by Gasteiger charge is 2.12. The van der Waals surface area contributed by atoms with E-state index < -0.39 is 0 Å². The van der Waals surface area contributed by atoms with Crippen molar-refractivity contribution >= 4 is 33.8 Å². The smallest absolute Gasteiger partial charge is 0.229 e. The third-order valence-electron chi connectivity index (χ3n) is 2.31. The summed E-state index contributed by atoms with van der Waals surface area (Å²) in [5.41, 5.74) is 1.36. The maximum absolute atomic E-state index is 10.9. The molecule has 1 aromatic carbocycles. The summed E-state index contributed by atoms with van der Waals surface area (Å²) in [6.07, 6.45) is 2.07. The van der Waals surface area contributed by atoms with E-state index in [-0.39, 0.29) is 0 Å². The molecule has 0 unspecified atom stereocenters. The number of hydrogen-bond donors (Lipinski definition) is 0. The standard InChI is InChI=1S/C13H9BrClNO2/c14-12-10(7-17)11(15)6-16-13(12)18-8-9-4-2-1-3-5-9/h1-7H,8H2. The minimum absolute atomic E-state index is 0.295. The quantitative estimate of drug-likeness (QED) is 0.800. The van der Waals surface area contributed by atoms with Crippen molar-refractivity contribution in [2.24, 2.45) is 0 Å². The number of benzene rings is 1. The van der Waals surface area contributed by atoms with Crippen molar-refractivity contribution in [1.82, 2.24) is 4.98 Å². The van der Waals surface area contributed by atoms with Crippen LogP contribution in [0, 0.1) is 0 Å². The lowest BCUT2D eigenvalue weighted by molar-refractivity contribution is 0.112. The van der Waals surface area contributed by atoms with Gasteiger partial charge in [0.1, 0.15) is 6.61 Å². The number of carbonyl (C=O) groups excluding carboxylic acids is 1. The Bertz CT molecular complexity index is 560. The Labute approximate surface area is 118 Å².